The van der Waals surface area contributed by atoms with E-state index in [4.69, 9.17) is 4.74 Å². The summed E-state index contributed by atoms with van der Waals surface area (Å²) < 4.78 is 5.51. The van der Waals surface area contributed by atoms with E-state index in [1.165, 1.54) is 411 Å². The number of rotatable bonds is 79. The van der Waals surface area contributed by atoms with Gasteiger partial charge in [-0.2, -0.15) is 0 Å². The predicted octanol–water partition coefficient (Wildman–Crippen LogP) is 27.6. The summed E-state index contributed by atoms with van der Waals surface area (Å²) in [4.78, 5) is 24.6. The van der Waals surface area contributed by atoms with Gasteiger partial charge < -0.3 is 20.3 Å². The first-order chi connectivity index (χ1) is 44.5. The maximum atomic E-state index is 12.6. The van der Waals surface area contributed by atoms with Gasteiger partial charge in [-0.3, -0.25) is 9.59 Å². The van der Waals surface area contributed by atoms with Crippen molar-refractivity contribution in [3.8, 4) is 0 Å². The van der Waals surface area contributed by atoms with E-state index in [1.807, 2.05) is 6.08 Å². The first-order valence-electron chi connectivity index (χ1n) is 41.6. The SMILES string of the molecule is CCCCCCCCCCCCCCCCCCCCCCC/C=C/C(O)C(CO)NC(=O)CCCCCCCCCCCCCCCCCCC/C=C\CCCCCCCCCCCCCCCCOC(=O)CCCCCCCCCCCCCCCCC. The standard InChI is InChI=1S/C84H163NO5/c1-3-5-7-9-11-13-15-17-19-20-21-22-36-39-42-45-49-52-56-60-64-68-72-76-82(87)81(80-86)85-83(88)77-73-69-65-61-57-53-50-46-43-40-37-34-32-30-28-26-24-23-25-27-29-31-33-35-38-41-44-47-51-55-59-63-67-71-75-79-90-84(89)78-74-70-66-62-58-54-48-18-16-14-12-10-8-6-4-2/h25,27,72,76,81-82,86-87H,3-24,26,28-71,73-75,77-80H2,1-2H3,(H,85,88)/b27-25-,76-72+. The Hall–Kier alpha value is -1.66. The van der Waals surface area contributed by atoms with Crippen LogP contribution in [0.2, 0.25) is 0 Å². The molecule has 0 bridgehead atoms. The maximum absolute atomic E-state index is 12.6. The Morgan fingerprint density at radius 2 is 0.522 bits per heavy atom. The lowest BCUT2D eigenvalue weighted by Crippen LogP contribution is -2.45. The predicted molar refractivity (Wildman–Crippen MR) is 398 cm³/mol. The highest BCUT2D eigenvalue weighted by Crippen LogP contribution is 2.20. The molecule has 90 heavy (non-hydrogen) atoms. The van der Waals surface area contributed by atoms with Gasteiger partial charge in [-0.1, -0.05) is 430 Å². The number of carbonyl (C=O) groups excluding carboxylic acids is 2. The van der Waals surface area contributed by atoms with Crippen LogP contribution in [0.4, 0.5) is 0 Å². The Kier molecular flexibility index (Phi) is 78.3. The third-order valence-electron chi connectivity index (χ3n) is 19.7. The first-order valence-corrected chi connectivity index (χ1v) is 41.6. The minimum Gasteiger partial charge on any atom is -0.466 e. The van der Waals surface area contributed by atoms with Gasteiger partial charge in [0.25, 0.3) is 0 Å². The topological polar surface area (TPSA) is 95.9 Å². The molecule has 0 aliphatic carbocycles. The van der Waals surface area contributed by atoms with Gasteiger partial charge in [0.1, 0.15) is 0 Å². The number of aliphatic hydroxyl groups is 2. The summed E-state index contributed by atoms with van der Waals surface area (Å²) in [5, 5.41) is 23.3. The molecule has 0 heterocycles. The van der Waals surface area contributed by atoms with Crippen LogP contribution in [0.5, 0.6) is 0 Å². The lowest BCUT2D eigenvalue weighted by Gasteiger charge is -2.20. The van der Waals surface area contributed by atoms with Crippen molar-refractivity contribution in [1.82, 2.24) is 5.32 Å². The molecule has 0 saturated heterocycles. The van der Waals surface area contributed by atoms with E-state index in [-0.39, 0.29) is 18.5 Å². The van der Waals surface area contributed by atoms with Crippen LogP contribution in [0, 0.1) is 0 Å². The van der Waals surface area contributed by atoms with Gasteiger partial charge >= 0.3 is 5.97 Å². The number of amides is 1. The number of aliphatic hydroxyl groups excluding tert-OH is 2. The Balaban J connectivity index is 3.36. The van der Waals surface area contributed by atoms with E-state index < -0.39 is 12.1 Å². The Labute approximate surface area is 564 Å². The molecular weight excluding hydrogens is 1100 g/mol. The minimum absolute atomic E-state index is 0.0240. The molecule has 0 aromatic rings. The van der Waals surface area contributed by atoms with Gasteiger partial charge in [0.15, 0.2) is 0 Å². The Morgan fingerprint density at radius 3 is 0.789 bits per heavy atom. The van der Waals surface area contributed by atoms with E-state index in [0.717, 1.165) is 38.5 Å². The number of hydrogen-bond acceptors (Lipinski definition) is 5. The molecule has 0 radical (unpaired) electrons. The average molecular weight is 1270 g/mol. The number of hydrogen-bond donors (Lipinski definition) is 3. The first kappa shape index (κ1) is 88.3. The Morgan fingerprint density at radius 1 is 0.300 bits per heavy atom. The smallest absolute Gasteiger partial charge is 0.305 e. The summed E-state index contributed by atoms with van der Waals surface area (Å²) in [6.07, 6.45) is 103. The molecular formula is C84H163NO5. The van der Waals surface area contributed by atoms with Gasteiger partial charge in [0.05, 0.1) is 25.4 Å². The van der Waals surface area contributed by atoms with Crippen molar-refractivity contribution >= 4 is 11.9 Å². The van der Waals surface area contributed by atoms with Crippen LogP contribution >= 0.6 is 0 Å². The largest absolute Gasteiger partial charge is 0.466 e. The summed E-state index contributed by atoms with van der Waals surface area (Å²) >= 11 is 0. The van der Waals surface area contributed by atoms with Crippen LogP contribution in [0.1, 0.15) is 476 Å². The molecule has 0 spiro atoms. The third-order valence-corrected chi connectivity index (χ3v) is 19.7. The molecule has 0 aromatic carbocycles. The van der Waals surface area contributed by atoms with Crippen molar-refractivity contribution in [1.29, 1.82) is 0 Å². The zero-order chi connectivity index (χ0) is 64.9. The number of esters is 1. The quantitative estimate of drug-likeness (QED) is 0.0320. The molecule has 0 saturated carbocycles. The highest BCUT2D eigenvalue weighted by Gasteiger charge is 2.18. The third kappa shape index (κ3) is 75.4. The summed E-state index contributed by atoms with van der Waals surface area (Å²) in [6.45, 7) is 4.97. The summed E-state index contributed by atoms with van der Waals surface area (Å²) in [6, 6.07) is -0.626. The molecule has 2 atom stereocenters. The zero-order valence-corrected chi connectivity index (χ0v) is 61.4. The van der Waals surface area contributed by atoms with Crippen molar-refractivity contribution < 1.29 is 24.5 Å². The molecule has 534 valence electrons. The van der Waals surface area contributed by atoms with Crippen molar-refractivity contribution in [2.24, 2.45) is 0 Å². The summed E-state index contributed by atoms with van der Waals surface area (Å²) in [5.74, 6) is -0.0349. The minimum atomic E-state index is -0.843. The second-order valence-corrected chi connectivity index (χ2v) is 28.8. The van der Waals surface area contributed by atoms with Gasteiger partial charge in [-0.05, 0) is 57.8 Å². The number of unbranched alkanes of at least 4 members (excludes halogenated alkanes) is 66. The van der Waals surface area contributed by atoms with Gasteiger partial charge in [0, 0.05) is 12.8 Å². The molecule has 0 aromatic heterocycles. The molecule has 0 fully saturated rings. The maximum Gasteiger partial charge on any atom is 0.305 e. The van der Waals surface area contributed by atoms with Crippen molar-refractivity contribution in [3.63, 3.8) is 0 Å². The van der Waals surface area contributed by atoms with Crippen molar-refractivity contribution in [2.45, 2.75) is 488 Å². The second kappa shape index (κ2) is 79.8. The fourth-order valence-electron chi connectivity index (χ4n) is 13.4. The van der Waals surface area contributed by atoms with Gasteiger partial charge in [-0.25, -0.2) is 0 Å². The van der Waals surface area contributed by atoms with E-state index in [1.54, 1.807) is 6.08 Å². The molecule has 2 unspecified atom stereocenters. The van der Waals surface area contributed by atoms with Crippen LogP contribution in [0.15, 0.2) is 24.3 Å². The normalized spacial score (nSPS) is 12.5. The highest BCUT2D eigenvalue weighted by molar-refractivity contribution is 5.76. The molecule has 6 nitrogen and oxygen atoms in total. The number of ether oxygens (including phenoxy) is 1. The fraction of sp³-hybridized carbons (Fsp3) is 0.929. The van der Waals surface area contributed by atoms with Gasteiger partial charge in [-0.15, -0.1) is 0 Å². The van der Waals surface area contributed by atoms with Crippen LogP contribution in [-0.4, -0.2) is 47.4 Å². The van der Waals surface area contributed by atoms with Crippen LogP contribution in [0.3, 0.4) is 0 Å². The molecule has 6 heteroatoms. The zero-order valence-electron chi connectivity index (χ0n) is 61.4. The summed E-state index contributed by atoms with van der Waals surface area (Å²) in [5.41, 5.74) is 0. The molecule has 3 N–H and O–H groups in total. The van der Waals surface area contributed by atoms with Crippen LogP contribution < -0.4 is 5.32 Å². The molecule has 1 amide bonds. The van der Waals surface area contributed by atoms with Crippen LogP contribution in [-0.2, 0) is 14.3 Å². The van der Waals surface area contributed by atoms with Crippen molar-refractivity contribution in [3.05, 3.63) is 24.3 Å². The number of nitrogens with one attached hydrogen (secondary N) is 1. The molecule has 0 aliphatic heterocycles. The van der Waals surface area contributed by atoms with Crippen molar-refractivity contribution in [2.75, 3.05) is 13.2 Å². The Bertz CT molecular complexity index is 1410. The molecule has 0 rings (SSSR count). The van der Waals surface area contributed by atoms with Gasteiger partial charge in [0.2, 0.25) is 5.91 Å². The monoisotopic (exact) mass is 1270 g/mol. The second-order valence-electron chi connectivity index (χ2n) is 28.8. The van der Waals surface area contributed by atoms with E-state index in [0.29, 0.717) is 19.4 Å². The fourth-order valence-corrected chi connectivity index (χ4v) is 13.4. The highest BCUT2D eigenvalue weighted by atomic mass is 16.5. The van der Waals surface area contributed by atoms with Crippen LogP contribution in [0.25, 0.3) is 0 Å². The van der Waals surface area contributed by atoms with E-state index in [9.17, 15) is 19.8 Å². The molecule has 0 aliphatic rings. The lowest BCUT2D eigenvalue weighted by molar-refractivity contribution is -0.143. The van der Waals surface area contributed by atoms with E-state index in [2.05, 4.69) is 31.3 Å². The number of allylic oxidation sites excluding steroid dienone is 3. The number of carbonyl (C=O) groups is 2. The average Bonchev–Trinajstić information content (AvgIpc) is 3.58. The van der Waals surface area contributed by atoms with E-state index >= 15 is 0 Å². The summed E-state index contributed by atoms with van der Waals surface area (Å²) in [7, 11) is 0. The lowest BCUT2D eigenvalue weighted by atomic mass is 10.0.